The molecule has 0 fully saturated rings. The highest BCUT2D eigenvalue weighted by Crippen LogP contribution is 2.26. The van der Waals surface area contributed by atoms with E-state index in [1.807, 2.05) is 38.1 Å². The molecule has 1 atom stereocenters. The average molecular weight is 365 g/mol. The van der Waals surface area contributed by atoms with Crippen molar-refractivity contribution in [1.29, 1.82) is 0 Å². The van der Waals surface area contributed by atoms with Crippen LogP contribution in [-0.2, 0) is 0 Å². The van der Waals surface area contributed by atoms with Crippen LogP contribution in [0.2, 0.25) is 0 Å². The molecule has 0 aliphatic carbocycles. The van der Waals surface area contributed by atoms with E-state index < -0.39 is 0 Å². The third-order valence-electron chi connectivity index (χ3n) is 3.41. The van der Waals surface area contributed by atoms with Crippen LogP contribution >= 0.6 is 15.9 Å². The molecule has 0 bridgehead atoms. The lowest BCUT2D eigenvalue weighted by Crippen LogP contribution is -2.26. The van der Waals surface area contributed by atoms with Crippen molar-refractivity contribution in [2.24, 2.45) is 0 Å². The van der Waals surface area contributed by atoms with Gasteiger partial charge in [-0.05, 0) is 58.7 Å². The maximum Gasteiger partial charge on any atom is 0.251 e. The van der Waals surface area contributed by atoms with Crippen molar-refractivity contribution in [2.45, 2.75) is 13.0 Å². The summed E-state index contributed by atoms with van der Waals surface area (Å²) >= 11 is 3.47. The van der Waals surface area contributed by atoms with Gasteiger partial charge in [0.2, 0.25) is 0 Å². The van der Waals surface area contributed by atoms with E-state index in [0.717, 1.165) is 15.7 Å². The number of rotatable bonds is 4. The fourth-order valence-electron chi connectivity index (χ4n) is 2.11. The van der Waals surface area contributed by atoms with Gasteiger partial charge in [0.05, 0.1) is 11.7 Å². The number of amides is 1. The zero-order valence-corrected chi connectivity index (χ0v) is 14.3. The Morgan fingerprint density at radius 1 is 1.18 bits per heavy atom. The largest absolute Gasteiger partial charge is 0.377 e. The van der Waals surface area contributed by atoms with Crippen molar-refractivity contribution in [2.75, 3.05) is 19.0 Å². The van der Waals surface area contributed by atoms with Gasteiger partial charge in [0.15, 0.2) is 0 Å². The second kappa shape index (κ2) is 6.92. The molecule has 0 unspecified atom stereocenters. The highest BCUT2D eigenvalue weighted by Gasteiger charge is 2.13. The molecule has 1 N–H and O–H groups in total. The van der Waals surface area contributed by atoms with Gasteiger partial charge < -0.3 is 10.2 Å². The van der Waals surface area contributed by atoms with Crippen molar-refractivity contribution in [3.63, 3.8) is 0 Å². The summed E-state index contributed by atoms with van der Waals surface area (Å²) in [6.07, 6.45) is 0. The van der Waals surface area contributed by atoms with Gasteiger partial charge in [-0.3, -0.25) is 4.79 Å². The maximum atomic E-state index is 12.9. The third kappa shape index (κ3) is 3.85. The Bertz CT molecular complexity index is 671. The molecule has 22 heavy (non-hydrogen) atoms. The van der Waals surface area contributed by atoms with E-state index in [4.69, 9.17) is 0 Å². The molecule has 0 spiro atoms. The van der Waals surface area contributed by atoms with E-state index in [9.17, 15) is 9.18 Å². The Morgan fingerprint density at radius 2 is 1.82 bits per heavy atom. The van der Waals surface area contributed by atoms with Crippen LogP contribution < -0.4 is 10.2 Å². The van der Waals surface area contributed by atoms with Crippen molar-refractivity contribution in [1.82, 2.24) is 5.32 Å². The number of anilines is 1. The molecule has 2 rings (SSSR count). The van der Waals surface area contributed by atoms with E-state index in [-0.39, 0.29) is 17.8 Å². The first kappa shape index (κ1) is 16.5. The van der Waals surface area contributed by atoms with Crippen LogP contribution in [0.15, 0.2) is 46.9 Å². The van der Waals surface area contributed by atoms with Gasteiger partial charge >= 0.3 is 0 Å². The van der Waals surface area contributed by atoms with Crippen LogP contribution in [0.25, 0.3) is 0 Å². The van der Waals surface area contributed by atoms with Crippen LogP contribution in [0.4, 0.5) is 10.1 Å². The van der Waals surface area contributed by atoms with Gasteiger partial charge in [-0.15, -0.1) is 0 Å². The van der Waals surface area contributed by atoms with Crippen LogP contribution in [-0.4, -0.2) is 20.0 Å². The van der Waals surface area contributed by atoms with Gasteiger partial charge in [-0.25, -0.2) is 4.39 Å². The minimum absolute atomic E-state index is 0.160. The lowest BCUT2D eigenvalue weighted by Gasteiger charge is -2.18. The molecule has 1 amide bonds. The van der Waals surface area contributed by atoms with E-state index in [2.05, 4.69) is 21.2 Å². The third-order valence-corrected chi connectivity index (χ3v) is 4.08. The minimum Gasteiger partial charge on any atom is -0.377 e. The molecule has 0 saturated heterocycles. The molecule has 2 aromatic carbocycles. The fourth-order valence-corrected chi connectivity index (χ4v) is 2.71. The number of hydrogen-bond donors (Lipinski definition) is 1. The molecule has 0 aliphatic rings. The fraction of sp³-hybridized carbons (Fsp3) is 0.235. The molecule has 0 heterocycles. The Kier molecular flexibility index (Phi) is 5.19. The number of benzene rings is 2. The molecular weight excluding hydrogens is 347 g/mol. The lowest BCUT2D eigenvalue weighted by atomic mass is 10.1. The van der Waals surface area contributed by atoms with Crippen molar-refractivity contribution in [3.05, 3.63) is 63.9 Å². The number of halogens is 2. The van der Waals surface area contributed by atoms with E-state index in [0.29, 0.717) is 5.56 Å². The summed E-state index contributed by atoms with van der Waals surface area (Å²) in [5.74, 6) is -0.446. The Hall–Kier alpha value is -1.88. The van der Waals surface area contributed by atoms with Gasteiger partial charge in [0.25, 0.3) is 5.91 Å². The Morgan fingerprint density at radius 3 is 2.41 bits per heavy atom. The number of nitrogens with zero attached hydrogens (tertiary/aromatic N) is 1. The van der Waals surface area contributed by atoms with E-state index in [1.165, 1.54) is 12.1 Å². The zero-order valence-electron chi connectivity index (χ0n) is 12.7. The molecule has 0 aliphatic heterocycles. The normalized spacial score (nSPS) is 11.9. The molecule has 2 aromatic rings. The van der Waals surface area contributed by atoms with Gasteiger partial charge in [-0.2, -0.15) is 0 Å². The number of hydrogen-bond acceptors (Lipinski definition) is 2. The highest BCUT2D eigenvalue weighted by atomic mass is 79.9. The number of carbonyl (C=O) groups is 1. The standard InChI is InChI=1S/C17H18BrFN2O/c1-11(12-4-7-14(19)8-5-12)20-17(22)13-6-9-15(18)16(10-13)21(2)3/h4-11H,1-3H3,(H,20,22)/t11-/m1/s1. The van der Waals surface area contributed by atoms with Crippen LogP contribution in [0.5, 0.6) is 0 Å². The Labute approximate surface area is 138 Å². The molecule has 116 valence electrons. The molecule has 0 aromatic heterocycles. The zero-order chi connectivity index (χ0) is 16.3. The average Bonchev–Trinajstić information content (AvgIpc) is 2.47. The summed E-state index contributed by atoms with van der Waals surface area (Å²) in [4.78, 5) is 14.3. The SMILES string of the molecule is C[C@@H](NC(=O)c1ccc(Br)c(N(C)C)c1)c1ccc(F)cc1. The van der Waals surface area contributed by atoms with Crippen LogP contribution in [0.1, 0.15) is 28.9 Å². The van der Waals surface area contributed by atoms with E-state index >= 15 is 0 Å². The van der Waals surface area contributed by atoms with Crippen molar-refractivity contribution >= 4 is 27.5 Å². The molecule has 0 saturated carbocycles. The topological polar surface area (TPSA) is 32.3 Å². The smallest absolute Gasteiger partial charge is 0.251 e. The Balaban J connectivity index is 2.15. The van der Waals surface area contributed by atoms with E-state index in [1.54, 1.807) is 18.2 Å². The molecular formula is C17H18BrFN2O. The van der Waals surface area contributed by atoms with Gasteiger partial charge in [0, 0.05) is 24.1 Å². The summed E-state index contributed by atoms with van der Waals surface area (Å²) in [6, 6.07) is 11.4. The molecule has 0 radical (unpaired) electrons. The monoisotopic (exact) mass is 364 g/mol. The number of nitrogens with one attached hydrogen (secondary N) is 1. The highest BCUT2D eigenvalue weighted by molar-refractivity contribution is 9.10. The first-order valence-corrected chi connectivity index (χ1v) is 7.71. The van der Waals surface area contributed by atoms with Crippen LogP contribution in [0, 0.1) is 5.82 Å². The van der Waals surface area contributed by atoms with Crippen molar-refractivity contribution in [3.8, 4) is 0 Å². The predicted octanol–water partition coefficient (Wildman–Crippen LogP) is 4.15. The van der Waals surface area contributed by atoms with Crippen LogP contribution in [0.3, 0.4) is 0 Å². The summed E-state index contributed by atoms with van der Waals surface area (Å²) < 4.78 is 13.9. The summed E-state index contributed by atoms with van der Waals surface area (Å²) in [5, 5.41) is 2.92. The summed E-state index contributed by atoms with van der Waals surface area (Å²) in [6.45, 7) is 1.87. The quantitative estimate of drug-likeness (QED) is 0.883. The predicted molar refractivity (Wildman–Crippen MR) is 90.8 cm³/mol. The molecule has 5 heteroatoms. The minimum atomic E-state index is -0.286. The van der Waals surface area contributed by atoms with Gasteiger partial charge in [0.1, 0.15) is 5.82 Å². The first-order valence-electron chi connectivity index (χ1n) is 6.91. The van der Waals surface area contributed by atoms with Gasteiger partial charge in [-0.1, -0.05) is 12.1 Å². The summed E-state index contributed by atoms with van der Waals surface area (Å²) in [7, 11) is 3.84. The molecule has 3 nitrogen and oxygen atoms in total. The lowest BCUT2D eigenvalue weighted by molar-refractivity contribution is 0.0940. The summed E-state index contributed by atoms with van der Waals surface area (Å²) in [5.41, 5.74) is 2.38. The second-order valence-electron chi connectivity index (χ2n) is 5.31. The first-order chi connectivity index (χ1) is 10.4. The second-order valence-corrected chi connectivity index (χ2v) is 6.16. The number of carbonyl (C=O) groups excluding carboxylic acids is 1. The maximum absolute atomic E-state index is 12.9. The van der Waals surface area contributed by atoms with Crippen molar-refractivity contribution < 1.29 is 9.18 Å².